The van der Waals surface area contributed by atoms with Crippen LogP contribution in [0.2, 0.25) is 0 Å². The molecule has 0 atom stereocenters. The van der Waals surface area contributed by atoms with Gasteiger partial charge in [-0.2, -0.15) is 0 Å². The molecule has 1 heterocycles. The third kappa shape index (κ3) is 5.82. The Morgan fingerprint density at radius 1 is 0.276 bits per heavy atom. The number of rotatable bonds is 7. The lowest BCUT2D eigenvalue weighted by atomic mass is 9.97. The molecule has 0 saturated carbocycles. The molecule has 0 N–H and O–H groups in total. The molecular formula is C56H38N2. The van der Waals surface area contributed by atoms with E-state index in [-0.39, 0.29) is 0 Å². The maximum Gasteiger partial charge on any atom is 0.0541 e. The van der Waals surface area contributed by atoms with E-state index in [2.05, 4.69) is 240 Å². The first kappa shape index (κ1) is 33.6. The summed E-state index contributed by atoms with van der Waals surface area (Å²) in [4.78, 5) is 2.36. The Bertz CT molecular complexity index is 3120. The van der Waals surface area contributed by atoms with E-state index in [1.54, 1.807) is 0 Å². The van der Waals surface area contributed by atoms with Crippen LogP contribution in [0.15, 0.2) is 231 Å². The third-order valence-electron chi connectivity index (χ3n) is 11.6. The number of fused-ring (bicyclic) bond motifs is 5. The van der Waals surface area contributed by atoms with Crippen molar-refractivity contribution in [2.24, 2.45) is 0 Å². The Morgan fingerprint density at radius 2 is 0.707 bits per heavy atom. The molecule has 2 heteroatoms. The smallest absolute Gasteiger partial charge is 0.0541 e. The van der Waals surface area contributed by atoms with Crippen molar-refractivity contribution < 1.29 is 0 Å². The van der Waals surface area contributed by atoms with E-state index in [9.17, 15) is 0 Å². The number of nitrogens with zero attached hydrogens (tertiary/aromatic N) is 2. The Kier molecular flexibility index (Phi) is 8.19. The van der Waals surface area contributed by atoms with Crippen molar-refractivity contribution in [3.63, 3.8) is 0 Å². The first-order valence-corrected chi connectivity index (χ1v) is 19.9. The molecular weight excluding hydrogens is 701 g/mol. The molecule has 11 rings (SSSR count). The van der Waals surface area contributed by atoms with Crippen molar-refractivity contribution in [2.75, 3.05) is 4.90 Å². The highest BCUT2D eigenvalue weighted by molar-refractivity contribution is 6.10. The van der Waals surface area contributed by atoms with Gasteiger partial charge < -0.3 is 9.47 Å². The maximum atomic E-state index is 2.37. The second-order valence-corrected chi connectivity index (χ2v) is 14.9. The van der Waals surface area contributed by atoms with E-state index in [4.69, 9.17) is 0 Å². The van der Waals surface area contributed by atoms with Crippen LogP contribution in [0.3, 0.4) is 0 Å². The van der Waals surface area contributed by atoms with Crippen molar-refractivity contribution >= 4 is 60.4 Å². The van der Waals surface area contributed by atoms with Gasteiger partial charge in [0.1, 0.15) is 0 Å². The number of anilines is 3. The molecule has 10 aromatic carbocycles. The molecule has 1 aromatic heterocycles. The van der Waals surface area contributed by atoms with Crippen LogP contribution < -0.4 is 4.90 Å². The van der Waals surface area contributed by atoms with Crippen LogP contribution in [0, 0.1) is 0 Å². The Labute approximate surface area is 338 Å². The van der Waals surface area contributed by atoms with Crippen LogP contribution in [-0.4, -0.2) is 4.57 Å². The zero-order valence-electron chi connectivity index (χ0n) is 31.8. The van der Waals surface area contributed by atoms with E-state index in [0.29, 0.717) is 0 Å². The second-order valence-electron chi connectivity index (χ2n) is 14.9. The van der Waals surface area contributed by atoms with Crippen molar-refractivity contribution in [3.05, 3.63) is 231 Å². The molecule has 11 aromatic rings. The minimum atomic E-state index is 1.10. The number of para-hydroxylation sites is 2. The van der Waals surface area contributed by atoms with Crippen LogP contribution in [0.1, 0.15) is 0 Å². The topological polar surface area (TPSA) is 8.17 Å². The van der Waals surface area contributed by atoms with E-state index in [0.717, 1.165) is 17.1 Å². The maximum absolute atomic E-state index is 2.37. The molecule has 0 aliphatic carbocycles. The summed E-state index contributed by atoms with van der Waals surface area (Å²) < 4.78 is 2.37. The number of hydrogen-bond acceptors (Lipinski definition) is 1. The fourth-order valence-corrected chi connectivity index (χ4v) is 8.79. The van der Waals surface area contributed by atoms with Crippen LogP contribution >= 0.6 is 0 Å². The predicted octanol–water partition coefficient (Wildman–Crippen LogP) is 15.6. The molecule has 0 amide bonds. The van der Waals surface area contributed by atoms with Crippen LogP contribution in [0.25, 0.3) is 82.4 Å². The van der Waals surface area contributed by atoms with Gasteiger partial charge in [-0.25, -0.2) is 0 Å². The van der Waals surface area contributed by atoms with Gasteiger partial charge in [-0.1, -0.05) is 164 Å². The number of hydrogen-bond donors (Lipinski definition) is 0. The molecule has 0 saturated heterocycles. The van der Waals surface area contributed by atoms with Crippen molar-refractivity contribution in [1.29, 1.82) is 0 Å². The van der Waals surface area contributed by atoms with Crippen molar-refractivity contribution in [3.8, 4) is 39.1 Å². The molecule has 58 heavy (non-hydrogen) atoms. The minimum Gasteiger partial charge on any atom is -0.311 e. The summed E-state index contributed by atoms with van der Waals surface area (Å²) in [6.07, 6.45) is 0. The van der Waals surface area contributed by atoms with Gasteiger partial charge >= 0.3 is 0 Å². The first-order chi connectivity index (χ1) is 28.8. The van der Waals surface area contributed by atoms with Crippen LogP contribution in [-0.2, 0) is 0 Å². The van der Waals surface area contributed by atoms with E-state index >= 15 is 0 Å². The Balaban J connectivity index is 0.990. The van der Waals surface area contributed by atoms with E-state index in [1.165, 1.54) is 82.4 Å². The highest BCUT2D eigenvalue weighted by atomic mass is 15.1. The van der Waals surface area contributed by atoms with Gasteiger partial charge in [-0.3, -0.25) is 0 Å². The molecule has 2 nitrogen and oxygen atoms in total. The number of benzene rings is 10. The molecule has 0 fully saturated rings. The zero-order chi connectivity index (χ0) is 38.4. The van der Waals surface area contributed by atoms with Crippen molar-refractivity contribution in [1.82, 2.24) is 4.57 Å². The quantitative estimate of drug-likeness (QED) is 0.158. The van der Waals surface area contributed by atoms with Gasteiger partial charge in [-0.05, 0) is 122 Å². The average molecular weight is 739 g/mol. The molecule has 0 aliphatic rings. The monoisotopic (exact) mass is 738 g/mol. The molecule has 0 aliphatic heterocycles. The summed E-state index contributed by atoms with van der Waals surface area (Å²) in [6.45, 7) is 0. The van der Waals surface area contributed by atoms with Gasteiger partial charge in [0.25, 0.3) is 0 Å². The van der Waals surface area contributed by atoms with Crippen molar-refractivity contribution in [2.45, 2.75) is 0 Å². The molecule has 0 unspecified atom stereocenters. The standard InChI is InChI=1S/C56H38N2/c1-2-16-45(17-3-1)58-55-23-9-8-20-53(55)54-38-44(30-37-56(54)58)39-24-31-46(32-25-39)57(47-33-26-42(27-34-47)51-21-10-14-40-12-4-6-18-49(40)51)48-35-28-43(29-36-48)52-22-11-15-41-13-5-7-19-50(41)52/h1-38H. The summed E-state index contributed by atoms with van der Waals surface area (Å²) in [6, 6.07) is 83.6. The fourth-order valence-electron chi connectivity index (χ4n) is 8.79. The molecule has 0 spiro atoms. The molecule has 0 bridgehead atoms. The molecule has 272 valence electrons. The van der Waals surface area contributed by atoms with Gasteiger partial charge in [0.05, 0.1) is 11.0 Å². The normalized spacial score (nSPS) is 11.4. The average Bonchev–Trinajstić information content (AvgIpc) is 3.63. The van der Waals surface area contributed by atoms with E-state index < -0.39 is 0 Å². The van der Waals surface area contributed by atoms with Gasteiger partial charge in [0.2, 0.25) is 0 Å². The van der Waals surface area contributed by atoms with Crippen LogP contribution in [0.5, 0.6) is 0 Å². The largest absolute Gasteiger partial charge is 0.311 e. The van der Waals surface area contributed by atoms with E-state index in [1.807, 2.05) is 0 Å². The third-order valence-corrected chi connectivity index (χ3v) is 11.6. The molecule has 0 radical (unpaired) electrons. The number of aromatic nitrogens is 1. The van der Waals surface area contributed by atoms with Gasteiger partial charge in [-0.15, -0.1) is 0 Å². The minimum absolute atomic E-state index is 1.10. The first-order valence-electron chi connectivity index (χ1n) is 19.9. The second kappa shape index (κ2) is 14.1. The lowest BCUT2D eigenvalue weighted by molar-refractivity contribution is 1.18. The fraction of sp³-hybridized carbons (Fsp3) is 0. The zero-order valence-corrected chi connectivity index (χ0v) is 31.8. The Hall–Kier alpha value is -7.68. The summed E-state index contributed by atoms with van der Waals surface area (Å²) in [5.74, 6) is 0. The Morgan fingerprint density at radius 3 is 1.28 bits per heavy atom. The van der Waals surface area contributed by atoms with Crippen LogP contribution in [0.4, 0.5) is 17.1 Å². The lowest BCUT2D eigenvalue weighted by Crippen LogP contribution is -2.09. The lowest BCUT2D eigenvalue weighted by Gasteiger charge is -2.26. The van der Waals surface area contributed by atoms with Gasteiger partial charge in [0.15, 0.2) is 0 Å². The summed E-state index contributed by atoms with van der Waals surface area (Å²) >= 11 is 0. The predicted molar refractivity (Wildman–Crippen MR) is 247 cm³/mol. The summed E-state index contributed by atoms with van der Waals surface area (Å²) in [5.41, 5.74) is 14.1. The SMILES string of the molecule is c1ccc(-n2c3ccccc3c3cc(-c4ccc(N(c5ccc(-c6cccc7ccccc67)cc5)c5ccc(-c6cccc7ccccc67)cc5)cc4)ccc32)cc1. The summed E-state index contributed by atoms with van der Waals surface area (Å²) in [7, 11) is 0. The summed E-state index contributed by atoms with van der Waals surface area (Å²) in [5, 5.41) is 7.52. The van der Waals surface area contributed by atoms with Gasteiger partial charge in [0, 0.05) is 33.5 Å². The highest BCUT2D eigenvalue weighted by Gasteiger charge is 2.16. The highest BCUT2D eigenvalue weighted by Crippen LogP contribution is 2.40.